The lowest BCUT2D eigenvalue weighted by atomic mass is 9.91. The lowest BCUT2D eigenvalue weighted by Crippen LogP contribution is -2.45. The number of nitrogens with one attached hydrogen (secondary N) is 2. The van der Waals surface area contributed by atoms with Crippen LogP contribution in [0.25, 0.3) is 0 Å². The first-order valence-electron chi connectivity index (χ1n) is 8.39. The van der Waals surface area contributed by atoms with Gasteiger partial charge in [0, 0.05) is 12.2 Å². The van der Waals surface area contributed by atoms with Crippen molar-refractivity contribution in [3.05, 3.63) is 64.1 Å². The maximum absolute atomic E-state index is 12.5. The highest BCUT2D eigenvalue weighted by Gasteiger charge is 2.35. The molecule has 2 aromatic rings. The Morgan fingerprint density at radius 1 is 0.962 bits per heavy atom. The summed E-state index contributed by atoms with van der Waals surface area (Å²) in [6, 6.07) is 14.8. The van der Waals surface area contributed by atoms with Crippen molar-refractivity contribution < 1.29 is 9.59 Å². The van der Waals surface area contributed by atoms with E-state index in [1.54, 1.807) is 32.0 Å². The van der Waals surface area contributed by atoms with Crippen molar-refractivity contribution in [2.24, 2.45) is 5.41 Å². The van der Waals surface area contributed by atoms with E-state index in [9.17, 15) is 9.59 Å². The van der Waals surface area contributed by atoms with Crippen LogP contribution in [0.15, 0.2) is 48.5 Å². The Morgan fingerprint density at radius 3 is 2.31 bits per heavy atom. The Balaban J connectivity index is 1.85. The monoisotopic (exact) mass is 392 g/mol. The highest BCUT2D eigenvalue weighted by molar-refractivity contribution is 6.42. The van der Waals surface area contributed by atoms with Gasteiger partial charge < -0.3 is 10.6 Å². The third kappa shape index (κ3) is 5.48. The fourth-order valence-corrected chi connectivity index (χ4v) is 2.62. The zero-order chi connectivity index (χ0) is 19.2. The van der Waals surface area contributed by atoms with Gasteiger partial charge in [-0.25, -0.2) is 0 Å². The minimum Gasteiger partial charge on any atom is -0.355 e. The molecule has 0 aliphatic carbocycles. The second-order valence-corrected chi connectivity index (χ2v) is 7.37. The summed E-state index contributed by atoms with van der Waals surface area (Å²) in [5.74, 6) is -0.723. The van der Waals surface area contributed by atoms with Crippen LogP contribution < -0.4 is 10.6 Å². The first-order valence-corrected chi connectivity index (χ1v) is 9.15. The summed E-state index contributed by atoms with van der Waals surface area (Å²) in [5, 5.41) is 6.28. The molecule has 2 N–H and O–H groups in total. The molecule has 0 aliphatic heterocycles. The Kier molecular flexibility index (Phi) is 7.06. The number of aryl methyl sites for hydroxylation is 1. The maximum Gasteiger partial charge on any atom is 0.239 e. The van der Waals surface area contributed by atoms with Crippen LogP contribution in [0.4, 0.5) is 5.69 Å². The number of anilines is 1. The molecular formula is C20H22Cl2N2O2. The van der Waals surface area contributed by atoms with E-state index in [-0.39, 0.29) is 5.91 Å². The molecule has 0 bridgehead atoms. The van der Waals surface area contributed by atoms with Crippen LogP contribution in [0.3, 0.4) is 0 Å². The van der Waals surface area contributed by atoms with E-state index in [0.29, 0.717) is 22.3 Å². The molecule has 0 fully saturated rings. The Hall–Kier alpha value is -2.04. The molecule has 0 aliphatic rings. The molecule has 0 aromatic heterocycles. The summed E-state index contributed by atoms with van der Waals surface area (Å²) in [5.41, 5.74) is 0.506. The third-order valence-corrected chi connectivity index (χ3v) is 4.82. The number of halogens is 2. The van der Waals surface area contributed by atoms with Crippen LogP contribution in [-0.4, -0.2) is 18.4 Å². The smallest absolute Gasteiger partial charge is 0.239 e. The van der Waals surface area contributed by atoms with Crippen molar-refractivity contribution in [3.8, 4) is 0 Å². The van der Waals surface area contributed by atoms with Crippen molar-refractivity contribution in [1.82, 2.24) is 5.32 Å². The molecule has 6 heteroatoms. The number of rotatable bonds is 7. The predicted molar refractivity (Wildman–Crippen MR) is 107 cm³/mol. The van der Waals surface area contributed by atoms with Gasteiger partial charge in [-0.2, -0.15) is 0 Å². The molecule has 4 nitrogen and oxygen atoms in total. The fourth-order valence-electron chi connectivity index (χ4n) is 2.32. The lowest BCUT2D eigenvalue weighted by Gasteiger charge is -2.23. The topological polar surface area (TPSA) is 58.2 Å². The van der Waals surface area contributed by atoms with E-state index in [1.165, 1.54) is 5.56 Å². The number of amides is 2. The number of carbonyl (C=O) groups is 2. The van der Waals surface area contributed by atoms with Gasteiger partial charge in [0.05, 0.1) is 10.0 Å². The molecule has 2 aromatic carbocycles. The first kappa shape index (κ1) is 20.3. The van der Waals surface area contributed by atoms with Gasteiger partial charge in [0.15, 0.2) is 0 Å². The molecule has 2 rings (SSSR count). The third-order valence-electron chi connectivity index (χ3n) is 4.08. The quantitative estimate of drug-likeness (QED) is 0.529. The van der Waals surface area contributed by atoms with Gasteiger partial charge in [0.25, 0.3) is 0 Å². The predicted octanol–water partition coefficient (Wildman–Crippen LogP) is 4.71. The van der Waals surface area contributed by atoms with Gasteiger partial charge in [0.2, 0.25) is 11.8 Å². The van der Waals surface area contributed by atoms with Crippen molar-refractivity contribution in [2.45, 2.75) is 26.7 Å². The lowest BCUT2D eigenvalue weighted by molar-refractivity contribution is -0.138. The summed E-state index contributed by atoms with van der Waals surface area (Å²) in [7, 11) is 0. The molecule has 0 atom stereocenters. The molecule has 2 amide bonds. The molecule has 0 radical (unpaired) electrons. The Bertz CT molecular complexity index is 777. The van der Waals surface area contributed by atoms with Crippen LogP contribution in [-0.2, 0) is 16.0 Å². The van der Waals surface area contributed by atoms with Gasteiger partial charge in [-0.15, -0.1) is 0 Å². The van der Waals surface area contributed by atoms with Gasteiger partial charge in [-0.1, -0.05) is 53.5 Å². The van der Waals surface area contributed by atoms with Crippen molar-refractivity contribution in [3.63, 3.8) is 0 Å². The van der Waals surface area contributed by atoms with E-state index in [2.05, 4.69) is 22.8 Å². The zero-order valence-electron chi connectivity index (χ0n) is 14.8. The summed E-state index contributed by atoms with van der Waals surface area (Å²) >= 11 is 11.8. The van der Waals surface area contributed by atoms with Crippen LogP contribution in [0, 0.1) is 5.41 Å². The Labute approximate surface area is 163 Å². The largest absolute Gasteiger partial charge is 0.355 e. The summed E-state index contributed by atoms with van der Waals surface area (Å²) in [6.07, 6.45) is 1.68. The summed E-state index contributed by atoms with van der Waals surface area (Å²) < 4.78 is 0. The van der Waals surface area contributed by atoms with Crippen molar-refractivity contribution >= 4 is 40.7 Å². The number of carbonyl (C=O) groups excluding carboxylic acids is 2. The van der Waals surface area contributed by atoms with Crippen LogP contribution in [0.2, 0.25) is 10.0 Å². The molecule has 0 unspecified atom stereocenters. The normalized spacial score (nSPS) is 11.1. The number of hydrogen-bond donors (Lipinski definition) is 2. The van der Waals surface area contributed by atoms with E-state index < -0.39 is 11.3 Å². The second-order valence-electron chi connectivity index (χ2n) is 6.55. The summed E-state index contributed by atoms with van der Waals surface area (Å²) in [4.78, 5) is 24.9. The minimum absolute atomic E-state index is 0.317. The standard InChI is InChI=1S/C20H22Cl2N2O2/c1-20(2,19(26)24-15-10-11-16(21)17(22)13-15)18(25)23-12-6-9-14-7-4-3-5-8-14/h3-5,7-8,10-11,13H,6,9,12H2,1-2H3,(H,23,25)(H,24,26). The average Bonchev–Trinajstić information content (AvgIpc) is 2.62. The van der Waals surface area contributed by atoms with Gasteiger partial charge >= 0.3 is 0 Å². The maximum atomic E-state index is 12.5. The van der Waals surface area contributed by atoms with Crippen molar-refractivity contribution in [2.75, 3.05) is 11.9 Å². The fraction of sp³-hybridized carbons (Fsp3) is 0.300. The van der Waals surface area contributed by atoms with Crippen LogP contribution in [0.5, 0.6) is 0 Å². The Morgan fingerprint density at radius 2 is 1.65 bits per heavy atom. The van der Waals surface area contributed by atoms with Crippen LogP contribution in [0.1, 0.15) is 25.8 Å². The van der Waals surface area contributed by atoms with Gasteiger partial charge in [-0.3, -0.25) is 9.59 Å². The van der Waals surface area contributed by atoms with Crippen LogP contribution >= 0.6 is 23.2 Å². The average molecular weight is 393 g/mol. The SMILES string of the molecule is CC(C)(C(=O)NCCCc1ccccc1)C(=O)Nc1ccc(Cl)c(Cl)c1. The van der Waals surface area contributed by atoms with E-state index in [4.69, 9.17) is 23.2 Å². The van der Waals surface area contributed by atoms with Gasteiger partial charge in [-0.05, 0) is 50.5 Å². The molecular weight excluding hydrogens is 371 g/mol. The highest BCUT2D eigenvalue weighted by Crippen LogP contribution is 2.26. The van der Waals surface area contributed by atoms with Crippen molar-refractivity contribution in [1.29, 1.82) is 0 Å². The summed E-state index contributed by atoms with van der Waals surface area (Å²) in [6.45, 7) is 3.69. The zero-order valence-corrected chi connectivity index (χ0v) is 16.3. The molecule has 0 saturated heterocycles. The van der Waals surface area contributed by atoms with Gasteiger partial charge in [0.1, 0.15) is 5.41 Å². The van der Waals surface area contributed by atoms with E-state index >= 15 is 0 Å². The first-order chi connectivity index (χ1) is 12.3. The second kappa shape index (κ2) is 9.06. The molecule has 26 heavy (non-hydrogen) atoms. The molecule has 0 spiro atoms. The molecule has 138 valence electrons. The number of hydrogen-bond acceptors (Lipinski definition) is 2. The molecule has 0 saturated carbocycles. The van der Waals surface area contributed by atoms with E-state index in [1.807, 2.05) is 18.2 Å². The van der Waals surface area contributed by atoms with E-state index in [0.717, 1.165) is 12.8 Å². The number of benzene rings is 2. The molecule has 0 heterocycles. The minimum atomic E-state index is -1.21. The highest BCUT2D eigenvalue weighted by atomic mass is 35.5.